The van der Waals surface area contributed by atoms with E-state index in [9.17, 15) is 0 Å². The Balaban J connectivity index is 1.17. The molecule has 0 spiro atoms. The van der Waals surface area contributed by atoms with Crippen molar-refractivity contribution in [2.45, 2.75) is 12.8 Å². The Morgan fingerprint density at radius 1 is 0.225 bits per heavy atom. The fourth-order valence-electron chi connectivity index (χ4n) is 13.2. The molecule has 0 saturated carbocycles. The Bertz CT molecular complexity index is 4650. The molecule has 2 aliphatic rings. The minimum Gasteiger partial charge on any atom is -0.455 e. The maximum Gasteiger partial charge on any atom is 0.143 e. The Labute approximate surface area is 410 Å². The van der Waals surface area contributed by atoms with Crippen LogP contribution in [-0.4, -0.2) is 0 Å². The second kappa shape index (κ2) is 14.7. The van der Waals surface area contributed by atoms with E-state index in [1.54, 1.807) is 0 Å². The molecule has 1 nitrogen and oxygen atoms in total. The molecule has 0 N–H and O–H groups in total. The molecule has 0 atom stereocenters. The molecule has 0 fully saturated rings. The van der Waals surface area contributed by atoms with Gasteiger partial charge in [0.2, 0.25) is 0 Å². The monoisotopic (exact) mass is 898 g/mol. The molecule has 1 heteroatoms. The predicted molar refractivity (Wildman–Crippen MR) is 301 cm³/mol. The van der Waals surface area contributed by atoms with Crippen LogP contribution in [0.15, 0.2) is 231 Å². The normalized spacial score (nSPS) is 12.8. The molecule has 16 rings (SSSR count). The maximum atomic E-state index is 8.00. The Morgan fingerprint density at radius 2 is 0.592 bits per heavy atom. The van der Waals surface area contributed by atoms with Gasteiger partial charge in [-0.15, -0.1) is 0 Å². The van der Waals surface area contributed by atoms with Crippen molar-refractivity contribution in [3.63, 3.8) is 0 Å². The smallest absolute Gasteiger partial charge is 0.143 e. The molecule has 0 aromatic heterocycles. The van der Waals surface area contributed by atoms with Gasteiger partial charge in [0.15, 0.2) is 0 Å². The lowest BCUT2D eigenvalue weighted by Crippen LogP contribution is -2.05. The van der Waals surface area contributed by atoms with Crippen LogP contribution in [-0.2, 0) is 12.8 Å². The van der Waals surface area contributed by atoms with E-state index in [4.69, 9.17) is 4.74 Å². The van der Waals surface area contributed by atoms with Crippen molar-refractivity contribution in [2.75, 3.05) is 0 Å². The summed E-state index contributed by atoms with van der Waals surface area (Å²) in [5, 5.41) is 19.8. The zero-order valence-corrected chi connectivity index (χ0v) is 38.8. The van der Waals surface area contributed by atoms with Crippen LogP contribution in [0.25, 0.3) is 142 Å². The van der Waals surface area contributed by atoms with Gasteiger partial charge in [0.05, 0.1) is 0 Å². The summed E-state index contributed by atoms with van der Waals surface area (Å²) in [4.78, 5) is 0. The van der Waals surface area contributed by atoms with E-state index < -0.39 is 0 Å². The molecule has 1 heterocycles. The van der Waals surface area contributed by atoms with E-state index in [2.05, 4.69) is 231 Å². The fraction of sp³-hybridized carbons (Fsp3) is 0.0286. The first kappa shape index (κ1) is 38.9. The number of aryl methyl sites for hydroxylation is 2. The molecule has 0 bridgehead atoms. The molecule has 1 aliphatic carbocycles. The van der Waals surface area contributed by atoms with Crippen molar-refractivity contribution in [1.29, 1.82) is 0 Å². The van der Waals surface area contributed by atoms with E-state index in [-0.39, 0.29) is 0 Å². The molecule has 14 aromatic rings. The zero-order chi connectivity index (χ0) is 46.3. The molecule has 0 saturated heterocycles. The highest BCUT2D eigenvalue weighted by molar-refractivity contribution is 6.33. The average Bonchev–Trinajstić information content (AvgIpc) is 3.63. The van der Waals surface area contributed by atoms with Gasteiger partial charge in [0.25, 0.3) is 0 Å². The molecule has 1 aliphatic heterocycles. The van der Waals surface area contributed by atoms with Crippen LogP contribution in [0.2, 0.25) is 0 Å². The largest absolute Gasteiger partial charge is 0.455 e. The zero-order valence-electron chi connectivity index (χ0n) is 38.8. The first-order valence-corrected chi connectivity index (χ1v) is 25.0. The van der Waals surface area contributed by atoms with Crippen molar-refractivity contribution in [2.24, 2.45) is 0 Å². The predicted octanol–water partition coefficient (Wildman–Crippen LogP) is 19.5. The molecule has 71 heavy (non-hydrogen) atoms. The maximum absolute atomic E-state index is 8.00. The van der Waals surface area contributed by atoms with Gasteiger partial charge in [-0.2, -0.15) is 0 Å². The van der Waals surface area contributed by atoms with Gasteiger partial charge in [0.1, 0.15) is 11.5 Å². The minimum absolute atomic E-state index is 0.868. The second-order valence-electron chi connectivity index (χ2n) is 19.6. The lowest BCUT2D eigenvalue weighted by atomic mass is 9.77. The molecule has 328 valence electrons. The highest BCUT2D eigenvalue weighted by Crippen LogP contribution is 2.63. The highest BCUT2D eigenvalue weighted by Gasteiger charge is 2.36. The van der Waals surface area contributed by atoms with Crippen LogP contribution in [0.4, 0.5) is 0 Å². The summed E-state index contributed by atoms with van der Waals surface area (Å²) < 4.78 is 8.00. The van der Waals surface area contributed by atoms with Gasteiger partial charge in [-0.1, -0.05) is 218 Å². The third kappa shape index (κ3) is 5.41. The molecule has 0 unspecified atom stereocenters. The molecule has 0 radical (unpaired) electrons. The van der Waals surface area contributed by atoms with Gasteiger partial charge in [0, 0.05) is 32.8 Å². The fourth-order valence-corrected chi connectivity index (χ4v) is 13.2. The molecular formula is C70H42O. The molecule has 14 aromatic carbocycles. The summed E-state index contributed by atoms with van der Waals surface area (Å²) in [5.74, 6) is 1.88. The Kier molecular flexibility index (Phi) is 8.07. The standard InChI is InChI=1S/C70H42O/c1-5-25-45-41(17-1)21-13-33-49(45)59-39-60(50-34-14-22-42-18-2-6-26-46(42)50)63-55-31-11-12-32-58(55)69-68-65(63)57(59)38-37-56-53-29-9-10-30-54(53)64-61(51-35-15-23-43-19-3-7-27-47(43)51)40-62(70(71-69)67(64)66(56)68)52-36-16-24-44-20-4-8-28-48(44)52/h1-36,39-40H,37-38H2. The summed E-state index contributed by atoms with van der Waals surface area (Å²) in [5.41, 5.74) is 15.0. The van der Waals surface area contributed by atoms with Gasteiger partial charge in [-0.3, -0.25) is 0 Å². The van der Waals surface area contributed by atoms with Gasteiger partial charge in [-0.25, -0.2) is 0 Å². The summed E-state index contributed by atoms with van der Waals surface area (Å²) in [6, 6.07) is 86.0. The van der Waals surface area contributed by atoms with Crippen molar-refractivity contribution in [1.82, 2.24) is 0 Å². The Hall–Kier alpha value is -9.04. The van der Waals surface area contributed by atoms with Crippen molar-refractivity contribution in [3.05, 3.63) is 242 Å². The third-order valence-electron chi connectivity index (χ3n) is 16.1. The summed E-state index contributed by atoms with van der Waals surface area (Å²) in [7, 11) is 0. The Morgan fingerprint density at radius 3 is 1.11 bits per heavy atom. The first-order valence-electron chi connectivity index (χ1n) is 25.0. The number of benzene rings is 14. The number of fused-ring (bicyclic) bond motifs is 10. The number of hydrogen-bond acceptors (Lipinski definition) is 1. The van der Waals surface area contributed by atoms with Crippen LogP contribution < -0.4 is 4.74 Å². The van der Waals surface area contributed by atoms with E-state index >= 15 is 0 Å². The quantitative estimate of drug-likeness (QED) is 0.160. The first-order chi connectivity index (χ1) is 35.3. The van der Waals surface area contributed by atoms with E-state index in [0.717, 1.165) is 35.3 Å². The topological polar surface area (TPSA) is 9.23 Å². The van der Waals surface area contributed by atoms with Crippen molar-refractivity contribution >= 4 is 86.2 Å². The van der Waals surface area contributed by atoms with E-state index in [0.29, 0.717) is 0 Å². The second-order valence-corrected chi connectivity index (χ2v) is 19.6. The van der Waals surface area contributed by atoms with Gasteiger partial charge >= 0.3 is 0 Å². The molecule has 0 amide bonds. The highest BCUT2D eigenvalue weighted by atomic mass is 16.5. The number of hydrogen-bond donors (Lipinski definition) is 0. The van der Waals surface area contributed by atoms with Gasteiger partial charge in [-0.05, 0) is 145 Å². The SMILES string of the molecule is c1ccc2c(-c3cc(-c4cccc5ccccc45)c4c5c3CCc3c6c7c(c(-c8cccc9ccccc89)cc(-c8cccc9ccccc89)c7c7ccccc37)Oc(c5-6)c3ccccc34)cccc2c1. The minimum atomic E-state index is 0.868. The summed E-state index contributed by atoms with van der Waals surface area (Å²) in [6.07, 6.45) is 1.74. The van der Waals surface area contributed by atoms with E-state index in [1.807, 2.05) is 0 Å². The number of rotatable bonds is 4. The van der Waals surface area contributed by atoms with Crippen LogP contribution in [0, 0.1) is 0 Å². The molecular weight excluding hydrogens is 857 g/mol. The van der Waals surface area contributed by atoms with Crippen molar-refractivity contribution < 1.29 is 4.74 Å². The lowest BCUT2D eigenvalue weighted by molar-refractivity contribution is 0.495. The van der Waals surface area contributed by atoms with E-state index in [1.165, 1.54) is 142 Å². The lowest BCUT2D eigenvalue weighted by Gasteiger charge is -2.31. The van der Waals surface area contributed by atoms with Gasteiger partial charge < -0.3 is 4.74 Å². The average molecular weight is 899 g/mol. The summed E-state index contributed by atoms with van der Waals surface area (Å²) >= 11 is 0. The number of ether oxygens (including phenoxy) is 1. The van der Waals surface area contributed by atoms with Crippen LogP contribution in [0.3, 0.4) is 0 Å². The third-order valence-corrected chi connectivity index (χ3v) is 16.1. The van der Waals surface area contributed by atoms with Crippen LogP contribution in [0.1, 0.15) is 11.1 Å². The van der Waals surface area contributed by atoms with Crippen molar-refractivity contribution in [3.8, 4) is 67.1 Å². The van der Waals surface area contributed by atoms with Crippen LogP contribution in [0.5, 0.6) is 11.5 Å². The summed E-state index contributed by atoms with van der Waals surface area (Å²) in [6.45, 7) is 0. The van der Waals surface area contributed by atoms with Crippen LogP contribution >= 0.6 is 0 Å².